The molecule has 108 valence electrons. The smallest absolute Gasteiger partial charge is 0.0391 e. The summed E-state index contributed by atoms with van der Waals surface area (Å²) in [7, 11) is 0. The first kappa shape index (κ1) is 15.3. The molecule has 1 heterocycles. The van der Waals surface area contributed by atoms with E-state index >= 15 is 0 Å². The minimum atomic E-state index is 0.418. The molecule has 0 aliphatic rings. The van der Waals surface area contributed by atoms with Crippen molar-refractivity contribution in [2.45, 2.75) is 51.6 Å². The Labute approximate surface area is 127 Å². The maximum atomic E-state index is 3.80. The predicted molar refractivity (Wildman–Crippen MR) is 89.2 cm³/mol. The van der Waals surface area contributed by atoms with Gasteiger partial charge in [-0.15, -0.1) is 11.3 Å². The highest BCUT2D eigenvalue weighted by Gasteiger charge is 2.15. The summed E-state index contributed by atoms with van der Waals surface area (Å²) in [4.78, 5) is 1.42. The van der Waals surface area contributed by atoms with Gasteiger partial charge < -0.3 is 5.32 Å². The highest BCUT2D eigenvalue weighted by atomic mass is 32.1. The van der Waals surface area contributed by atoms with Crippen molar-refractivity contribution in [3.8, 4) is 0 Å². The van der Waals surface area contributed by atoms with Crippen LogP contribution in [0.1, 0.15) is 62.1 Å². The summed E-state index contributed by atoms with van der Waals surface area (Å²) in [5.41, 5.74) is 1.41. The van der Waals surface area contributed by atoms with E-state index in [-0.39, 0.29) is 0 Å². The Kier molecular flexibility index (Phi) is 6.28. The Morgan fingerprint density at radius 2 is 1.85 bits per heavy atom. The average Bonchev–Trinajstić information content (AvgIpc) is 3.01. The fourth-order valence-electron chi connectivity index (χ4n) is 2.55. The second kappa shape index (κ2) is 8.23. The van der Waals surface area contributed by atoms with Crippen LogP contribution in [0.2, 0.25) is 0 Å². The third-order valence-corrected chi connectivity index (χ3v) is 4.77. The maximum absolute atomic E-state index is 3.80. The zero-order valence-electron chi connectivity index (χ0n) is 12.5. The van der Waals surface area contributed by atoms with Crippen molar-refractivity contribution in [1.82, 2.24) is 5.32 Å². The zero-order chi connectivity index (χ0) is 14.2. The van der Waals surface area contributed by atoms with Crippen molar-refractivity contribution in [1.29, 1.82) is 0 Å². The Morgan fingerprint density at radius 3 is 2.50 bits per heavy atom. The van der Waals surface area contributed by atoms with Gasteiger partial charge in [-0.3, -0.25) is 0 Å². The number of hydrogen-bond acceptors (Lipinski definition) is 2. The minimum Gasteiger partial charge on any atom is -0.303 e. The number of unbranched alkanes of at least 4 members (excludes halogenated alkanes) is 2. The lowest BCUT2D eigenvalue weighted by Crippen LogP contribution is -2.24. The van der Waals surface area contributed by atoms with E-state index in [0.717, 1.165) is 0 Å². The van der Waals surface area contributed by atoms with E-state index < -0.39 is 0 Å². The zero-order valence-corrected chi connectivity index (χ0v) is 13.3. The van der Waals surface area contributed by atoms with E-state index in [4.69, 9.17) is 0 Å². The van der Waals surface area contributed by atoms with Crippen molar-refractivity contribution in [3.05, 3.63) is 58.3 Å². The SMILES string of the molecule is CCCCCC(NC(C)c1cccs1)c1ccccc1. The van der Waals surface area contributed by atoms with Gasteiger partial charge in [-0.2, -0.15) is 0 Å². The molecule has 0 spiro atoms. The van der Waals surface area contributed by atoms with Gasteiger partial charge in [-0.1, -0.05) is 62.6 Å². The van der Waals surface area contributed by atoms with Crippen LogP contribution >= 0.6 is 11.3 Å². The van der Waals surface area contributed by atoms with Gasteiger partial charge in [0.2, 0.25) is 0 Å². The van der Waals surface area contributed by atoms with Gasteiger partial charge >= 0.3 is 0 Å². The van der Waals surface area contributed by atoms with Crippen LogP contribution in [0.5, 0.6) is 0 Å². The first-order chi connectivity index (χ1) is 9.81. The molecule has 1 nitrogen and oxygen atoms in total. The number of hydrogen-bond donors (Lipinski definition) is 1. The lowest BCUT2D eigenvalue weighted by atomic mass is 9.99. The molecule has 2 heteroatoms. The molecule has 1 aromatic carbocycles. The number of nitrogens with one attached hydrogen (secondary N) is 1. The molecule has 0 saturated carbocycles. The molecule has 0 fully saturated rings. The summed E-state index contributed by atoms with van der Waals surface area (Å²) in [5.74, 6) is 0. The lowest BCUT2D eigenvalue weighted by molar-refractivity contribution is 0.430. The molecule has 1 aromatic heterocycles. The third kappa shape index (κ3) is 4.46. The van der Waals surface area contributed by atoms with Crippen LogP contribution in [0.3, 0.4) is 0 Å². The molecule has 0 bridgehead atoms. The summed E-state index contributed by atoms with van der Waals surface area (Å²) < 4.78 is 0. The maximum Gasteiger partial charge on any atom is 0.0391 e. The molecule has 0 saturated heterocycles. The molecule has 0 radical (unpaired) electrons. The quantitative estimate of drug-likeness (QED) is 0.612. The van der Waals surface area contributed by atoms with Gasteiger partial charge in [-0.25, -0.2) is 0 Å². The van der Waals surface area contributed by atoms with Crippen LogP contribution in [0.15, 0.2) is 47.8 Å². The fourth-order valence-corrected chi connectivity index (χ4v) is 3.30. The minimum absolute atomic E-state index is 0.418. The highest BCUT2D eigenvalue weighted by molar-refractivity contribution is 7.10. The summed E-state index contributed by atoms with van der Waals surface area (Å²) in [6.45, 7) is 4.53. The van der Waals surface area contributed by atoms with Crippen LogP contribution < -0.4 is 5.32 Å². The van der Waals surface area contributed by atoms with Crippen molar-refractivity contribution in [3.63, 3.8) is 0 Å². The fraction of sp³-hybridized carbons (Fsp3) is 0.444. The van der Waals surface area contributed by atoms with E-state index in [1.165, 1.54) is 36.1 Å². The molecule has 2 rings (SSSR count). The van der Waals surface area contributed by atoms with Gasteiger partial charge in [0, 0.05) is 17.0 Å². The lowest BCUT2D eigenvalue weighted by Gasteiger charge is -2.23. The largest absolute Gasteiger partial charge is 0.303 e. The molecule has 2 unspecified atom stereocenters. The third-order valence-electron chi connectivity index (χ3n) is 3.72. The second-order valence-electron chi connectivity index (χ2n) is 5.36. The summed E-state index contributed by atoms with van der Waals surface area (Å²) in [6.07, 6.45) is 5.11. The topological polar surface area (TPSA) is 12.0 Å². The Bertz CT molecular complexity index is 463. The van der Waals surface area contributed by atoms with Crippen LogP contribution in [-0.2, 0) is 0 Å². The van der Waals surface area contributed by atoms with Crippen LogP contribution in [0, 0.1) is 0 Å². The molecule has 0 aliphatic heterocycles. The average molecular weight is 287 g/mol. The van der Waals surface area contributed by atoms with Gasteiger partial charge in [0.25, 0.3) is 0 Å². The van der Waals surface area contributed by atoms with E-state index in [1.54, 1.807) is 0 Å². The van der Waals surface area contributed by atoms with E-state index in [9.17, 15) is 0 Å². The van der Waals surface area contributed by atoms with Gasteiger partial charge in [-0.05, 0) is 30.4 Å². The van der Waals surface area contributed by atoms with Crippen LogP contribution in [0.4, 0.5) is 0 Å². The van der Waals surface area contributed by atoms with Gasteiger partial charge in [0.1, 0.15) is 0 Å². The van der Waals surface area contributed by atoms with Crippen molar-refractivity contribution >= 4 is 11.3 Å². The summed E-state index contributed by atoms with van der Waals surface area (Å²) in [6, 6.07) is 16.1. The second-order valence-corrected chi connectivity index (χ2v) is 6.34. The Morgan fingerprint density at radius 1 is 1.05 bits per heavy atom. The first-order valence-electron chi connectivity index (χ1n) is 7.65. The molecule has 2 atom stereocenters. The normalized spacial score (nSPS) is 14.1. The monoisotopic (exact) mass is 287 g/mol. The standard InChI is InChI=1S/C18H25NS/c1-3-4-6-12-17(16-10-7-5-8-11-16)19-15(2)18-13-9-14-20-18/h5,7-11,13-15,17,19H,3-4,6,12H2,1-2H3. The highest BCUT2D eigenvalue weighted by Crippen LogP contribution is 2.26. The molecule has 0 aliphatic carbocycles. The van der Waals surface area contributed by atoms with Gasteiger partial charge in [0.15, 0.2) is 0 Å². The van der Waals surface area contributed by atoms with Crippen LogP contribution in [0.25, 0.3) is 0 Å². The summed E-state index contributed by atoms with van der Waals surface area (Å²) >= 11 is 1.83. The molecule has 1 N–H and O–H groups in total. The predicted octanol–water partition coefficient (Wildman–Crippen LogP) is 5.72. The molecule has 0 amide bonds. The van der Waals surface area contributed by atoms with Crippen LogP contribution in [-0.4, -0.2) is 0 Å². The van der Waals surface area contributed by atoms with Crippen molar-refractivity contribution < 1.29 is 0 Å². The Balaban J connectivity index is 2.02. The molecular formula is C18H25NS. The van der Waals surface area contributed by atoms with E-state index in [2.05, 4.69) is 67.0 Å². The van der Waals surface area contributed by atoms with Gasteiger partial charge in [0.05, 0.1) is 0 Å². The summed E-state index contributed by atoms with van der Waals surface area (Å²) in [5, 5.41) is 5.96. The first-order valence-corrected chi connectivity index (χ1v) is 8.53. The van der Waals surface area contributed by atoms with Crippen molar-refractivity contribution in [2.75, 3.05) is 0 Å². The molecule has 20 heavy (non-hydrogen) atoms. The Hall–Kier alpha value is -1.12. The van der Waals surface area contributed by atoms with E-state index in [1.807, 2.05) is 11.3 Å². The van der Waals surface area contributed by atoms with E-state index in [0.29, 0.717) is 12.1 Å². The molecule has 2 aromatic rings. The number of benzene rings is 1. The number of thiophene rings is 1. The molecular weight excluding hydrogens is 262 g/mol. The number of rotatable bonds is 8. The van der Waals surface area contributed by atoms with Crippen molar-refractivity contribution in [2.24, 2.45) is 0 Å².